The molecule has 0 spiro atoms. The number of aromatic hydroxyl groups is 1. The average molecular weight is 372 g/mol. The summed E-state index contributed by atoms with van der Waals surface area (Å²) in [5, 5.41) is 8.97. The molecule has 1 aromatic carbocycles. The number of rotatable bonds is 6. The lowest BCUT2D eigenvalue weighted by Crippen LogP contribution is -2.60. The van der Waals surface area contributed by atoms with Gasteiger partial charge in [0.2, 0.25) is 0 Å². The molecule has 0 radical (unpaired) electrons. The standard InChI is InChI=1S/C12H9F9OS/c13-9(14,10(15,16)11(17,18)12(19,20)21)5-6-23-8-3-1-7(22)2-4-8/h1-4,22H,5-6H2. The molecule has 0 aliphatic rings. The molecule has 0 saturated carbocycles. The quantitative estimate of drug-likeness (QED) is 0.537. The van der Waals surface area contributed by atoms with Crippen LogP contribution in [0.2, 0.25) is 0 Å². The van der Waals surface area contributed by atoms with Crippen LogP contribution >= 0.6 is 11.8 Å². The van der Waals surface area contributed by atoms with Gasteiger partial charge in [0.1, 0.15) is 5.75 Å². The maximum absolute atomic E-state index is 13.2. The highest BCUT2D eigenvalue weighted by Crippen LogP contribution is 2.54. The summed E-state index contributed by atoms with van der Waals surface area (Å²) in [4.78, 5) is 0.240. The lowest BCUT2D eigenvalue weighted by atomic mass is 10.0. The Bertz CT molecular complexity index is 524. The Morgan fingerprint density at radius 2 is 1.26 bits per heavy atom. The van der Waals surface area contributed by atoms with Crippen molar-refractivity contribution in [3.8, 4) is 5.75 Å². The molecular formula is C12H9F9OS. The van der Waals surface area contributed by atoms with Gasteiger partial charge >= 0.3 is 23.9 Å². The molecule has 0 amide bonds. The van der Waals surface area contributed by atoms with E-state index < -0.39 is 36.1 Å². The molecule has 0 aliphatic heterocycles. The molecule has 0 bridgehead atoms. The first kappa shape index (κ1) is 19.8. The van der Waals surface area contributed by atoms with Gasteiger partial charge in [-0.15, -0.1) is 11.8 Å². The van der Waals surface area contributed by atoms with Gasteiger partial charge in [0.05, 0.1) is 0 Å². The predicted octanol–water partition coefficient (Wildman–Crippen LogP) is 5.34. The molecule has 0 aromatic heterocycles. The molecule has 0 saturated heterocycles. The van der Waals surface area contributed by atoms with E-state index in [1.54, 1.807) is 0 Å². The molecule has 0 fully saturated rings. The summed E-state index contributed by atoms with van der Waals surface area (Å²) < 4.78 is 113. The van der Waals surface area contributed by atoms with Crippen LogP contribution < -0.4 is 0 Å². The van der Waals surface area contributed by atoms with Gasteiger partial charge < -0.3 is 5.11 Å². The van der Waals surface area contributed by atoms with E-state index in [0.717, 1.165) is 12.1 Å². The van der Waals surface area contributed by atoms with Crippen LogP contribution in [0.3, 0.4) is 0 Å². The van der Waals surface area contributed by atoms with Gasteiger partial charge in [0.15, 0.2) is 0 Å². The number of thioether (sulfide) groups is 1. The van der Waals surface area contributed by atoms with Crippen molar-refractivity contribution in [3.63, 3.8) is 0 Å². The Morgan fingerprint density at radius 1 is 0.783 bits per heavy atom. The third kappa shape index (κ3) is 3.99. The maximum atomic E-state index is 13.2. The molecular weight excluding hydrogens is 363 g/mol. The minimum Gasteiger partial charge on any atom is -0.508 e. The van der Waals surface area contributed by atoms with Crippen LogP contribution in [0.5, 0.6) is 5.75 Å². The van der Waals surface area contributed by atoms with Crippen molar-refractivity contribution in [1.29, 1.82) is 0 Å². The van der Waals surface area contributed by atoms with Crippen molar-refractivity contribution in [2.45, 2.75) is 35.3 Å². The van der Waals surface area contributed by atoms with E-state index in [1.807, 2.05) is 0 Å². The molecule has 132 valence electrons. The highest BCUT2D eigenvalue weighted by molar-refractivity contribution is 7.99. The van der Waals surface area contributed by atoms with Gasteiger partial charge in [-0.25, -0.2) is 0 Å². The fraction of sp³-hybridized carbons (Fsp3) is 0.500. The Kier molecular flexibility index (Phi) is 5.44. The molecule has 1 rings (SSSR count). The van der Waals surface area contributed by atoms with Crippen LogP contribution in [0.4, 0.5) is 39.5 Å². The van der Waals surface area contributed by atoms with Crippen LogP contribution in [0.15, 0.2) is 29.2 Å². The van der Waals surface area contributed by atoms with Crippen LogP contribution in [-0.4, -0.2) is 34.8 Å². The summed E-state index contributed by atoms with van der Waals surface area (Å²) in [6.07, 6.45) is -8.69. The molecule has 23 heavy (non-hydrogen) atoms. The second-order valence-corrected chi connectivity index (χ2v) is 5.61. The molecule has 0 atom stereocenters. The minimum atomic E-state index is -6.85. The van der Waals surface area contributed by atoms with Crippen molar-refractivity contribution in [3.05, 3.63) is 24.3 Å². The third-order valence-corrected chi connectivity index (χ3v) is 3.74. The predicted molar refractivity (Wildman–Crippen MR) is 64.3 cm³/mol. The fourth-order valence-corrected chi connectivity index (χ4v) is 2.33. The number of halogens is 9. The normalized spacial score (nSPS) is 14.1. The summed E-state index contributed by atoms with van der Waals surface area (Å²) in [5.41, 5.74) is 0. The van der Waals surface area contributed by atoms with E-state index in [-0.39, 0.29) is 10.6 Å². The first-order valence-corrected chi connectivity index (χ1v) is 6.83. The van der Waals surface area contributed by atoms with E-state index in [0.29, 0.717) is 11.8 Å². The lowest BCUT2D eigenvalue weighted by molar-refractivity contribution is -0.396. The summed E-state index contributed by atoms with van der Waals surface area (Å²) >= 11 is 0.540. The summed E-state index contributed by atoms with van der Waals surface area (Å²) in [6, 6.07) is 4.79. The fourth-order valence-electron chi connectivity index (χ4n) is 1.40. The zero-order valence-corrected chi connectivity index (χ0v) is 11.8. The molecule has 11 heteroatoms. The second-order valence-electron chi connectivity index (χ2n) is 4.44. The number of hydrogen-bond donors (Lipinski definition) is 1. The second kappa shape index (κ2) is 6.33. The summed E-state index contributed by atoms with van der Waals surface area (Å²) in [6.45, 7) is 0. The van der Waals surface area contributed by atoms with Crippen LogP contribution in [0, 0.1) is 0 Å². The van der Waals surface area contributed by atoms with Gasteiger partial charge in [-0.3, -0.25) is 0 Å². The first-order valence-electron chi connectivity index (χ1n) is 5.84. The molecule has 0 heterocycles. The molecule has 0 unspecified atom stereocenters. The van der Waals surface area contributed by atoms with Crippen molar-refractivity contribution in [1.82, 2.24) is 0 Å². The van der Waals surface area contributed by atoms with E-state index in [2.05, 4.69) is 0 Å². The van der Waals surface area contributed by atoms with Crippen molar-refractivity contribution in [2.75, 3.05) is 5.75 Å². The number of alkyl halides is 9. The van der Waals surface area contributed by atoms with Gasteiger partial charge in [0.25, 0.3) is 0 Å². The van der Waals surface area contributed by atoms with Gasteiger partial charge in [-0.05, 0) is 24.3 Å². The highest BCUT2D eigenvalue weighted by Gasteiger charge is 2.81. The van der Waals surface area contributed by atoms with Gasteiger partial charge in [-0.1, -0.05) is 0 Å². The smallest absolute Gasteiger partial charge is 0.460 e. The van der Waals surface area contributed by atoms with E-state index >= 15 is 0 Å². The summed E-state index contributed by atoms with van der Waals surface area (Å²) in [5.74, 6) is -20.0. The molecule has 1 nitrogen and oxygen atoms in total. The first-order chi connectivity index (χ1) is 10.2. The van der Waals surface area contributed by atoms with E-state index in [1.165, 1.54) is 12.1 Å². The van der Waals surface area contributed by atoms with Crippen LogP contribution in [0.25, 0.3) is 0 Å². The number of benzene rings is 1. The monoisotopic (exact) mass is 372 g/mol. The Hall–Kier alpha value is -1.26. The topological polar surface area (TPSA) is 20.2 Å². The number of phenolic OH excluding ortho intramolecular Hbond substituents is 1. The average Bonchev–Trinajstić information content (AvgIpc) is 2.39. The SMILES string of the molecule is Oc1ccc(SCCC(F)(F)C(F)(F)C(F)(F)C(F)(F)F)cc1. The largest absolute Gasteiger partial charge is 0.508 e. The van der Waals surface area contributed by atoms with E-state index in [4.69, 9.17) is 5.11 Å². The third-order valence-electron chi connectivity index (χ3n) is 2.73. The van der Waals surface area contributed by atoms with E-state index in [9.17, 15) is 39.5 Å². The van der Waals surface area contributed by atoms with Crippen molar-refractivity contribution < 1.29 is 44.6 Å². The molecule has 1 aromatic rings. The highest BCUT2D eigenvalue weighted by atomic mass is 32.2. The molecule has 0 aliphatic carbocycles. The Balaban J connectivity index is 2.79. The summed E-state index contributed by atoms with van der Waals surface area (Å²) in [7, 11) is 0. The van der Waals surface area contributed by atoms with Crippen LogP contribution in [-0.2, 0) is 0 Å². The molecule has 1 N–H and O–H groups in total. The maximum Gasteiger partial charge on any atom is 0.460 e. The minimum absolute atomic E-state index is 0.156. The van der Waals surface area contributed by atoms with Crippen molar-refractivity contribution in [2.24, 2.45) is 0 Å². The zero-order chi connectivity index (χ0) is 18.1. The van der Waals surface area contributed by atoms with Crippen LogP contribution in [0.1, 0.15) is 6.42 Å². The lowest BCUT2D eigenvalue weighted by Gasteiger charge is -2.33. The van der Waals surface area contributed by atoms with Gasteiger partial charge in [-0.2, -0.15) is 39.5 Å². The Morgan fingerprint density at radius 3 is 1.70 bits per heavy atom. The number of phenols is 1. The number of hydrogen-bond acceptors (Lipinski definition) is 2. The zero-order valence-electron chi connectivity index (χ0n) is 11.0. The van der Waals surface area contributed by atoms with Gasteiger partial charge in [0, 0.05) is 17.1 Å². The van der Waals surface area contributed by atoms with Crippen molar-refractivity contribution >= 4 is 11.8 Å². The Labute approximate surface area is 128 Å².